The summed E-state index contributed by atoms with van der Waals surface area (Å²) >= 11 is 0. The fourth-order valence-corrected chi connectivity index (χ4v) is 5.09. The van der Waals surface area contributed by atoms with Gasteiger partial charge in [-0.05, 0) is 31.1 Å². The van der Waals surface area contributed by atoms with Crippen LogP contribution in [0.1, 0.15) is 124 Å². The van der Waals surface area contributed by atoms with Gasteiger partial charge in [-0.2, -0.15) is 0 Å². The Morgan fingerprint density at radius 1 is 0.581 bits per heavy atom. The highest BCUT2D eigenvalue weighted by Crippen LogP contribution is 2.46. The molecule has 182 valence electrons. The Morgan fingerprint density at radius 3 is 1.29 bits per heavy atom. The zero-order valence-electron chi connectivity index (χ0n) is 21.0. The standard InChI is InChI=1S/C27H50O4/c1-5-9-11-13-15-17-19-30-26(28)24-22(7-3)21-23(8-4)25(24)27(29)31-20-18-16-14-12-10-6-2/h22-25H,5-21H2,1-4H3. The Morgan fingerprint density at radius 2 is 0.935 bits per heavy atom. The largest absolute Gasteiger partial charge is 0.465 e. The minimum absolute atomic E-state index is 0.169. The zero-order valence-corrected chi connectivity index (χ0v) is 21.0. The monoisotopic (exact) mass is 438 g/mol. The highest BCUT2D eigenvalue weighted by atomic mass is 16.5. The Hall–Kier alpha value is -1.06. The number of ether oxygens (including phenoxy) is 2. The Kier molecular flexibility index (Phi) is 15.8. The molecule has 31 heavy (non-hydrogen) atoms. The Bertz CT molecular complexity index is 434. The second kappa shape index (κ2) is 17.5. The number of carbonyl (C=O) groups excluding carboxylic acids is 2. The van der Waals surface area contributed by atoms with Gasteiger partial charge in [-0.15, -0.1) is 0 Å². The highest BCUT2D eigenvalue weighted by molar-refractivity contribution is 5.83. The van der Waals surface area contributed by atoms with Gasteiger partial charge in [0.2, 0.25) is 0 Å². The lowest BCUT2D eigenvalue weighted by atomic mass is 9.85. The van der Waals surface area contributed by atoms with Gasteiger partial charge >= 0.3 is 11.9 Å². The normalized spacial score (nSPS) is 23.1. The van der Waals surface area contributed by atoms with Crippen LogP contribution in [0.3, 0.4) is 0 Å². The molecule has 0 aromatic heterocycles. The van der Waals surface area contributed by atoms with E-state index >= 15 is 0 Å². The first-order valence-electron chi connectivity index (χ1n) is 13.4. The van der Waals surface area contributed by atoms with Crippen LogP contribution in [0.2, 0.25) is 0 Å². The van der Waals surface area contributed by atoms with Gasteiger partial charge in [0.05, 0.1) is 25.0 Å². The highest BCUT2D eigenvalue weighted by Gasteiger charge is 2.50. The molecule has 0 N–H and O–H groups in total. The van der Waals surface area contributed by atoms with Crippen molar-refractivity contribution in [3.05, 3.63) is 0 Å². The molecule has 0 heterocycles. The Labute approximate surface area is 192 Å². The third-order valence-corrected chi connectivity index (χ3v) is 7.09. The summed E-state index contributed by atoms with van der Waals surface area (Å²) in [7, 11) is 0. The minimum Gasteiger partial charge on any atom is -0.465 e. The average molecular weight is 439 g/mol. The molecule has 0 spiro atoms. The second-order valence-corrected chi connectivity index (χ2v) is 9.49. The van der Waals surface area contributed by atoms with Crippen LogP contribution in [0, 0.1) is 23.7 Å². The molecule has 0 bridgehead atoms. The lowest BCUT2D eigenvalue weighted by Gasteiger charge is -2.23. The molecule has 4 nitrogen and oxygen atoms in total. The van der Waals surface area contributed by atoms with Gasteiger partial charge in [0.15, 0.2) is 0 Å². The van der Waals surface area contributed by atoms with Gasteiger partial charge in [0, 0.05) is 0 Å². The summed E-state index contributed by atoms with van der Waals surface area (Å²) in [4.78, 5) is 25.9. The van der Waals surface area contributed by atoms with E-state index < -0.39 is 0 Å². The number of carbonyl (C=O) groups is 2. The summed E-state index contributed by atoms with van der Waals surface area (Å²) in [5.74, 6) is -0.530. The first-order chi connectivity index (χ1) is 15.1. The average Bonchev–Trinajstić information content (AvgIpc) is 3.16. The molecular formula is C27H50O4. The summed E-state index contributed by atoms with van der Waals surface area (Å²) in [5.41, 5.74) is 0. The molecule has 0 radical (unpaired) electrons. The van der Waals surface area contributed by atoms with Crippen molar-refractivity contribution in [3.8, 4) is 0 Å². The van der Waals surface area contributed by atoms with Gasteiger partial charge in [-0.1, -0.05) is 105 Å². The van der Waals surface area contributed by atoms with E-state index in [9.17, 15) is 9.59 Å². The maximum absolute atomic E-state index is 13.0. The summed E-state index contributed by atoms with van der Waals surface area (Å²) in [6.45, 7) is 9.63. The fourth-order valence-electron chi connectivity index (χ4n) is 5.09. The van der Waals surface area contributed by atoms with E-state index in [1.165, 1.54) is 51.4 Å². The number of hydrogen-bond donors (Lipinski definition) is 0. The van der Waals surface area contributed by atoms with Crippen LogP contribution in [0.15, 0.2) is 0 Å². The van der Waals surface area contributed by atoms with Gasteiger partial charge in [0.25, 0.3) is 0 Å². The van der Waals surface area contributed by atoms with Crippen molar-refractivity contribution < 1.29 is 19.1 Å². The number of hydrogen-bond acceptors (Lipinski definition) is 4. The summed E-state index contributed by atoms with van der Waals surface area (Å²) in [5, 5.41) is 0. The van der Waals surface area contributed by atoms with Crippen molar-refractivity contribution in [2.75, 3.05) is 13.2 Å². The van der Waals surface area contributed by atoms with Crippen LogP contribution in [0.5, 0.6) is 0 Å². The first-order valence-corrected chi connectivity index (χ1v) is 13.4. The molecule has 1 rings (SSSR count). The van der Waals surface area contributed by atoms with E-state index in [1.54, 1.807) is 0 Å². The summed E-state index contributed by atoms with van der Waals surface area (Å²) in [6, 6.07) is 0. The molecule has 0 aliphatic heterocycles. The van der Waals surface area contributed by atoms with Crippen molar-refractivity contribution in [1.82, 2.24) is 0 Å². The SMILES string of the molecule is CCCCCCCCOC(=O)C1C(CC)CC(CC)C1C(=O)OCCCCCCCC. The molecule has 1 aliphatic rings. The van der Waals surface area contributed by atoms with Crippen LogP contribution in [-0.2, 0) is 19.1 Å². The van der Waals surface area contributed by atoms with E-state index in [0.29, 0.717) is 13.2 Å². The molecule has 4 heteroatoms. The van der Waals surface area contributed by atoms with Crippen LogP contribution in [-0.4, -0.2) is 25.2 Å². The molecular weight excluding hydrogens is 388 g/mol. The minimum atomic E-state index is -0.327. The van der Waals surface area contributed by atoms with Crippen LogP contribution in [0.4, 0.5) is 0 Å². The van der Waals surface area contributed by atoms with E-state index in [2.05, 4.69) is 27.7 Å². The molecule has 1 fully saturated rings. The third kappa shape index (κ3) is 10.4. The molecule has 0 saturated heterocycles. The molecule has 1 saturated carbocycles. The van der Waals surface area contributed by atoms with Crippen LogP contribution in [0.25, 0.3) is 0 Å². The molecule has 0 aromatic carbocycles. The predicted molar refractivity (Wildman–Crippen MR) is 128 cm³/mol. The Balaban J connectivity index is 2.51. The van der Waals surface area contributed by atoms with Crippen molar-refractivity contribution >= 4 is 11.9 Å². The van der Waals surface area contributed by atoms with Crippen molar-refractivity contribution in [3.63, 3.8) is 0 Å². The van der Waals surface area contributed by atoms with E-state index in [1.807, 2.05) is 0 Å². The number of esters is 2. The fraction of sp³-hybridized carbons (Fsp3) is 0.926. The summed E-state index contributed by atoms with van der Waals surface area (Å²) < 4.78 is 11.3. The molecule has 0 aromatic rings. The lowest BCUT2D eigenvalue weighted by molar-refractivity contribution is -0.162. The smallest absolute Gasteiger partial charge is 0.310 e. The van der Waals surface area contributed by atoms with Crippen molar-refractivity contribution in [2.24, 2.45) is 23.7 Å². The quantitative estimate of drug-likeness (QED) is 0.164. The van der Waals surface area contributed by atoms with Gasteiger partial charge in [0.1, 0.15) is 0 Å². The molecule has 4 atom stereocenters. The van der Waals surface area contributed by atoms with Gasteiger partial charge < -0.3 is 9.47 Å². The molecule has 1 aliphatic carbocycles. The van der Waals surface area contributed by atoms with E-state index in [-0.39, 0.29) is 35.6 Å². The van der Waals surface area contributed by atoms with Gasteiger partial charge in [-0.25, -0.2) is 0 Å². The number of unbranched alkanes of at least 4 members (excludes halogenated alkanes) is 10. The van der Waals surface area contributed by atoms with Crippen molar-refractivity contribution in [1.29, 1.82) is 0 Å². The van der Waals surface area contributed by atoms with Crippen LogP contribution < -0.4 is 0 Å². The topological polar surface area (TPSA) is 52.6 Å². The van der Waals surface area contributed by atoms with Gasteiger partial charge in [-0.3, -0.25) is 9.59 Å². The van der Waals surface area contributed by atoms with Crippen molar-refractivity contribution in [2.45, 2.75) is 124 Å². The molecule has 0 amide bonds. The lowest BCUT2D eigenvalue weighted by Crippen LogP contribution is -2.34. The van der Waals surface area contributed by atoms with E-state index in [4.69, 9.17) is 9.47 Å². The van der Waals surface area contributed by atoms with Crippen LogP contribution >= 0.6 is 0 Å². The van der Waals surface area contributed by atoms with E-state index in [0.717, 1.165) is 44.9 Å². The maximum Gasteiger partial charge on any atom is 0.310 e. The first kappa shape index (κ1) is 28.0. The number of rotatable bonds is 18. The predicted octanol–water partition coefficient (Wildman–Crippen LogP) is 7.48. The summed E-state index contributed by atoms with van der Waals surface area (Å²) in [6.07, 6.45) is 16.8. The maximum atomic E-state index is 13.0. The second-order valence-electron chi connectivity index (χ2n) is 9.49. The molecule has 4 unspecified atom stereocenters. The third-order valence-electron chi connectivity index (χ3n) is 7.09. The zero-order chi connectivity index (χ0) is 22.9.